The van der Waals surface area contributed by atoms with Crippen molar-refractivity contribution in [3.8, 4) is 0 Å². The highest BCUT2D eigenvalue weighted by molar-refractivity contribution is 6.19. The molecule has 0 fully saturated rings. The maximum atomic E-state index is 11.0. The summed E-state index contributed by atoms with van der Waals surface area (Å²) in [6.45, 7) is 3.22. The summed E-state index contributed by atoms with van der Waals surface area (Å²) in [5.74, 6) is -0.423. The number of hydrogen-bond acceptors (Lipinski definition) is 3. The molecule has 3 nitrogen and oxygen atoms in total. The average molecular weight is 155 g/mol. The molecule has 0 aromatic carbocycles. The van der Waals surface area contributed by atoms with Crippen LogP contribution in [0.1, 0.15) is 26.7 Å². The molecule has 0 spiro atoms. The van der Waals surface area contributed by atoms with Crippen LogP contribution < -0.4 is 5.73 Å². The predicted molar refractivity (Wildman–Crippen MR) is 42.9 cm³/mol. The van der Waals surface area contributed by atoms with Crippen LogP contribution in [0, 0.1) is 0 Å². The van der Waals surface area contributed by atoms with Gasteiger partial charge in [0.2, 0.25) is 0 Å². The lowest BCUT2D eigenvalue weighted by Gasteiger charge is -1.98. The molecule has 11 heavy (non-hydrogen) atoms. The standard InChI is InChI=1S/C8H13NO2/c1-3-4-8(11)7(5-9)6(2)10/h5H,3-4,9H2,1-2H3/b7-5-. The number of ketones is 2. The van der Waals surface area contributed by atoms with Crippen molar-refractivity contribution in [2.24, 2.45) is 5.73 Å². The maximum absolute atomic E-state index is 11.0. The summed E-state index contributed by atoms with van der Waals surface area (Å²) < 4.78 is 0. The highest BCUT2D eigenvalue weighted by Crippen LogP contribution is 2.01. The molecule has 0 bridgehead atoms. The van der Waals surface area contributed by atoms with Gasteiger partial charge in [0.05, 0.1) is 5.57 Å². The monoisotopic (exact) mass is 155 g/mol. The van der Waals surface area contributed by atoms with Crippen molar-refractivity contribution in [1.29, 1.82) is 0 Å². The summed E-state index contributed by atoms with van der Waals surface area (Å²) in [6, 6.07) is 0. The second-order valence-electron chi connectivity index (χ2n) is 2.31. The van der Waals surface area contributed by atoms with Gasteiger partial charge in [0, 0.05) is 12.6 Å². The van der Waals surface area contributed by atoms with Gasteiger partial charge in [-0.3, -0.25) is 9.59 Å². The molecular weight excluding hydrogens is 142 g/mol. The molecule has 0 aliphatic heterocycles. The molecular formula is C8H13NO2. The Bertz CT molecular complexity index is 194. The minimum Gasteiger partial charge on any atom is -0.404 e. The summed E-state index contributed by atoms with van der Waals surface area (Å²) in [6.07, 6.45) is 2.21. The van der Waals surface area contributed by atoms with Crippen molar-refractivity contribution >= 4 is 11.6 Å². The van der Waals surface area contributed by atoms with Crippen LogP contribution in [-0.4, -0.2) is 11.6 Å². The van der Waals surface area contributed by atoms with Crippen LogP contribution in [0.3, 0.4) is 0 Å². The van der Waals surface area contributed by atoms with Crippen molar-refractivity contribution in [2.75, 3.05) is 0 Å². The van der Waals surface area contributed by atoms with Crippen molar-refractivity contribution in [2.45, 2.75) is 26.7 Å². The quantitative estimate of drug-likeness (QED) is 0.371. The first-order valence-electron chi connectivity index (χ1n) is 3.59. The zero-order valence-electron chi connectivity index (χ0n) is 6.89. The molecule has 0 aromatic heterocycles. The number of allylic oxidation sites excluding steroid dienone is 1. The first kappa shape index (κ1) is 9.88. The normalized spacial score (nSPS) is 11.3. The van der Waals surface area contributed by atoms with E-state index in [0.29, 0.717) is 6.42 Å². The molecule has 3 heteroatoms. The second kappa shape index (κ2) is 4.66. The van der Waals surface area contributed by atoms with Crippen LogP contribution in [0.2, 0.25) is 0 Å². The van der Waals surface area contributed by atoms with E-state index in [-0.39, 0.29) is 17.1 Å². The Balaban J connectivity index is 4.29. The zero-order chi connectivity index (χ0) is 8.85. The van der Waals surface area contributed by atoms with Crippen LogP contribution in [0.5, 0.6) is 0 Å². The molecule has 0 unspecified atom stereocenters. The van der Waals surface area contributed by atoms with Gasteiger partial charge in [-0.05, 0) is 13.3 Å². The van der Waals surface area contributed by atoms with Gasteiger partial charge in [-0.15, -0.1) is 0 Å². The Labute approximate surface area is 66.3 Å². The number of carbonyl (C=O) groups is 2. The summed E-state index contributed by atoms with van der Waals surface area (Å²) in [4.78, 5) is 21.8. The van der Waals surface area contributed by atoms with Gasteiger partial charge in [-0.2, -0.15) is 0 Å². The third-order valence-corrected chi connectivity index (χ3v) is 1.32. The molecule has 0 saturated heterocycles. The molecule has 0 aromatic rings. The van der Waals surface area contributed by atoms with Crippen molar-refractivity contribution in [3.63, 3.8) is 0 Å². The van der Waals surface area contributed by atoms with Gasteiger partial charge in [0.15, 0.2) is 11.6 Å². The van der Waals surface area contributed by atoms with Crippen LogP contribution >= 0.6 is 0 Å². The van der Waals surface area contributed by atoms with E-state index in [2.05, 4.69) is 0 Å². The van der Waals surface area contributed by atoms with Crippen LogP contribution in [0.4, 0.5) is 0 Å². The third kappa shape index (κ3) is 2.98. The van der Waals surface area contributed by atoms with E-state index in [4.69, 9.17) is 5.73 Å². The summed E-state index contributed by atoms with van der Waals surface area (Å²) in [7, 11) is 0. The van der Waals surface area contributed by atoms with Gasteiger partial charge in [-0.1, -0.05) is 6.92 Å². The van der Waals surface area contributed by atoms with Crippen LogP contribution in [0.15, 0.2) is 11.8 Å². The number of rotatable bonds is 4. The summed E-state index contributed by atoms with van der Waals surface area (Å²) >= 11 is 0. The van der Waals surface area contributed by atoms with E-state index in [0.717, 1.165) is 12.6 Å². The lowest BCUT2D eigenvalue weighted by Crippen LogP contribution is -2.11. The van der Waals surface area contributed by atoms with E-state index in [1.54, 1.807) is 0 Å². The molecule has 0 amide bonds. The van der Waals surface area contributed by atoms with E-state index in [9.17, 15) is 9.59 Å². The number of hydrogen-bond donors (Lipinski definition) is 1. The Hall–Kier alpha value is -1.12. The highest BCUT2D eigenvalue weighted by atomic mass is 16.1. The fourth-order valence-electron chi connectivity index (χ4n) is 0.768. The van der Waals surface area contributed by atoms with Gasteiger partial charge >= 0.3 is 0 Å². The van der Waals surface area contributed by atoms with E-state index in [1.165, 1.54) is 6.92 Å². The van der Waals surface area contributed by atoms with Gasteiger partial charge in [-0.25, -0.2) is 0 Å². The summed E-state index contributed by atoms with van der Waals surface area (Å²) in [5.41, 5.74) is 5.22. The van der Waals surface area contributed by atoms with Gasteiger partial charge in [0.1, 0.15) is 0 Å². The van der Waals surface area contributed by atoms with Crippen molar-refractivity contribution in [1.82, 2.24) is 0 Å². The molecule has 2 N–H and O–H groups in total. The Morgan fingerprint density at radius 3 is 2.27 bits per heavy atom. The largest absolute Gasteiger partial charge is 0.404 e. The zero-order valence-corrected chi connectivity index (χ0v) is 6.89. The van der Waals surface area contributed by atoms with E-state index in [1.807, 2.05) is 6.92 Å². The first-order valence-corrected chi connectivity index (χ1v) is 3.59. The second-order valence-corrected chi connectivity index (χ2v) is 2.31. The lowest BCUT2D eigenvalue weighted by molar-refractivity contribution is -0.120. The average Bonchev–Trinajstić information content (AvgIpc) is 1.88. The summed E-state index contributed by atoms with van der Waals surface area (Å²) in [5, 5.41) is 0. The number of nitrogens with two attached hydrogens (primary N) is 1. The van der Waals surface area contributed by atoms with Crippen molar-refractivity contribution < 1.29 is 9.59 Å². The Morgan fingerprint density at radius 1 is 1.45 bits per heavy atom. The van der Waals surface area contributed by atoms with E-state index < -0.39 is 0 Å². The predicted octanol–water partition coefficient (Wildman–Crippen LogP) is 0.787. The minimum atomic E-state index is -0.258. The Kier molecular flexibility index (Phi) is 4.18. The minimum absolute atomic E-state index is 0.117. The smallest absolute Gasteiger partial charge is 0.167 e. The molecule has 0 rings (SSSR count). The molecule has 0 saturated carbocycles. The van der Waals surface area contributed by atoms with Crippen LogP contribution in [0.25, 0.3) is 0 Å². The third-order valence-electron chi connectivity index (χ3n) is 1.32. The number of Topliss-reactive ketones (excluding diaryl/α,β-unsaturated/α-hetero) is 2. The van der Waals surface area contributed by atoms with E-state index >= 15 is 0 Å². The molecule has 0 atom stereocenters. The SMILES string of the molecule is CCCC(=O)/C(=C\N)C(C)=O. The molecule has 62 valence electrons. The molecule has 0 aliphatic rings. The molecule has 0 aliphatic carbocycles. The lowest BCUT2D eigenvalue weighted by atomic mass is 10.1. The number of carbonyl (C=O) groups excluding carboxylic acids is 2. The first-order chi connectivity index (χ1) is 5.13. The Morgan fingerprint density at radius 2 is 2.00 bits per heavy atom. The van der Waals surface area contributed by atoms with Crippen LogP contribution in [-0.2, 0) is 9.59 Å². The fourth-order valence-corrected chi connectivity index (χ4v) is 0.768. The topological polar surface area (TPSA) is 60.2 Å². The maximum Gasteiger partial charge on any atom is 0.167 e. The highest BCUT2D eigenvalue weighted by Gasteiger charge is 2.11. The molecule has 0 radical (unpaired) electrons. The van der Waals surface area contributed by atoms with Gasteiger partial charge in [0.25, 0.3) is 0 Å². The molecule has 0 heterocycles. The van der Waals surface area contributed by atoms with Crippen molar-refractivity contribution in [3.05, 3.63) is 11.8 Å². The fraction of sp³-hybridized carbons (Fsp3) is 0.500. The van der Waals surface area contributed by atoms with Gasteiger partial charge < -0.3 is 5.73 Å².